The maximum Gasteiger partial charge on any atom is 0.220 e. The molecule has 0 saturated heterocycles. The van der Waals surface area contributed by atoms with Gasteiger partial charge in [-0.1, -0.05) is 31.6 Å². The largest absolute Gasteiger partial charge is 0.350 e. The quantitative estimate of drug-likeness (QED) is 0.808. The van der Waals surface area contributed by atoms with Crippen molar-refractivity contribution < 1.29 is 4.79 Å². The number of carbonyl (C=O) groups excluding carboxylic acids is 1. The van der Waals surface area contributed by atoms with E-state index in [1.54, 1.807) is 6.20 Å². The predicted molar refractivity (Wildman–Crippen MR) is 94.6 cm³/mol. The van der Waals surface area contributed by atoms with Crippen molar-refractivity contribution in [3.63, 3.8) is 0 Å². The second-order valence-electron chi connectivity index (χ2n) is 7.08. The minimum atomic E-state index is 0.0691. The number of pyridine rings is 1. The van der Waals surface area contributed by atoms with Gasteiger partial charge in [-0.15, -0.1) is 0 Å². The number of amides is 1. The molecule has 1 aliphatic rings. The topological polar surface area (TPSA) is 65.8 Å². The first-order valence-corrected chi connectivity index (χ1v) is 8.73. The van der Waals surface area contributed by atoms with Crippen molar-refractivity contribution in [1.82, 2.24) is 10.3 Å². The molecule has 1 amide bonds. The normalized spacial score (nSPS) is 23.5. The van der Waals surface area contributed by atoms with Gasteiger partial charge in [0.25, 0.3) is 0 Å². The van der Waals surface area contributed by atoms with Crippen LogP contribution in [0, 0.1) is 35.0 Å². The van der Waals surface area contributed by atoms with Gasteiger partial charge in [-0.2, -0.15) is 5.26 Å². The summed E-state index contributed by atoms with van der Waals surface area (Å²) >= 11 is 0. The van der Waals surface area contributed by atoms with Gasteiger partial charge in [-0.05, 0) is 49.1 Å². The highest BCUT2D eigenvalue weighted by Gasteiger charge is 2.32. The fourth-order valence-electron chi connectivity index (χ4n) is 3.60. The fraction of sp³-hybridized carbons (Fsp3) is 0.550. The van der Waals surface area contributed by atoms with Crippen LogP contribution in [0.2, 0.25) is 0 Å². The zero-order valence-corrected chi connectivity index (χ0v) is 14.8. The third-order valence-corrected chi connectivity index (χ3v) is 5.04. The Morgan fingerprint density at radius 3 is 2.88 bits per heavy atom. The number of nitrogens with one attached hydrogen (secondary N) is 1. The van der Waals surface area contributed by atoms with E-state index in [0.29, 0.717) is 37.1 Å². The van der Waals surface area contributed by atoms with Gasteiger partial charge in [-0.3, -0.25) is 9.78 Å². The minimum absolute atomic E-state index is 0.0691. The highest BCUT2D eigenvalue weighted by Crippen LogP contribution is 2.40. The second kappa shape index (κ2) is 8.63. The molecule has 24 heavy (non-hydrogen) atoms. The smallest absolute Gasteiger partial charge is 0.220 e. The number of nitrogens with zero attached hydrogens (tertiary/aromatic N) is 2. The summed E-state index contributed by atoms with van der Waals surface area (Å²) in [6.45, 7) is 6.99. The Morgan fingerprint density at radius 2 is 2.25 bits per heavy atom. The van der Waals surface area contributed by atoms with Gasteiger partial charge in [-0.25, -0.2) is 0 Å². The van der Waals surface area contributed by atoms with Crippen LogP contribution in [0.25, 0.3) is 0 Å². The summed E-state index contributed by atoms with van der Waals surface area (Å²) < 4.78 is 0. The lowest BCUT2D eigenvalue weighted by molar-refractivity contribution is -0.122. The standard InChI is InChI=1S/C20H27N3O/c1-14(2)19-11-17(15(3)10-16(19)7-8-21)12-20(24)23-13-18-6-4-5-9-22-18/h4-6,9-10,14,16-17,19H,7,11-13H2,1-3H3,(H,23,24)/t16-,17+,19+/m1/s1. The van der Waals surface area contributed by atoms with Crippen LogP contribution in [0.4, 0.5) is 0 Å². The van der Waals surface area contributed by atoms with Crippen LogP contribution in [0.1, 0.15) is 45.7 Å². The molecule has 0 fully saturated rings. The number of hydrogen-bond acceptors (Lipinski definition) is 3. The van der Waals surface area contributed by atoms with Crippen LogP contribution in [0.5, 0.6) is 0 Å². The third-order valence-electron chi connectivity index (χ3n) is 5.04. The number of aromatic nitrogens is 1. The second-order valence-corrected chi connectivity index (χ2v) is 7.08. The molecule has 3 atom stereocenters. The first-order valence-electron chi connectivity index (χ1n) is 8.73. The van der Waals surface area contributed by atoms with E-state index < -0.39 is 0 Å². The summed E-state index contributed by atoms with van der Waals surface area (Å²) in [6.07, 6.45) is 6.03. The summed E-state index contributed by atoms with van der Waals surface area (Å²) in [5.74, 6) is 1.66. The van der Waals surface area contributed by atoms with Gasteiger partial charge >= 0.3 is 0 Å². The summed E-state index contributed by atoms with van der Waals surface area (Å²) in [5, 5.41) is 12.0. The zero-order valence-electron chi connectivity index (χ0n) is 14.8. The molecule has 0 radical (unpaired) electrons. The first-order chi connectivity index (χ1) is 11.5. The molecule has 0 saturated carbocycles. The molecular weight excluding hydrogens is 298 g/mol. The fourth-order valence-corrected chi connectivity index (χ4v) is 3.60. The van der Waals surface area contributed by atoms with E-state index in [-0.39, 0.29) is 11.8 Å². The Bertz CT molecular complexity index is 616. The van der Waals surface area contributed by atoms with Gasteiger partial charge in [0.1, 0.15) is 0 Å². The number of nitriles is 1. The molecule has 1 aliphatic carbocycles. The van der Waals surface area contributed by atoms with Crippen LogP contribution in [0.15, 0.2) is 36.0 Å². The average molecular weight is 325 g/mol. The third kappa shape index (κ3) is 4.92. The number of rotatable bonds is 6. The molecule has 0 aromatic carbocycles. The lowest BCUT2D eigenvalue weighted by Gasteiger charge is -2.36. The molecule has 1 N–H and O–H groups in total. The molecule has 0 bridgehead atoms. The van der Waals surface area contributed by atoms with Crippen molar-refractivity contribution in [3.05, 3.63) is 41.7 Å². The van der Waals surface area contributed by atoms with Crippen molar-refractivity contribution in [2.45, 2.75) is 46.6 Å². The van der Waals surface area contributed by atoms with Gasteiger partial charge in [0.2, 0.25) is 5.91 Å². The van der Waals surface area contributed by atoms with Gasteiger partial charge in [0, 0.05) is 19.0 Å². The Morgan fingerprint density at radius 1 is 1.46 bits per heavy atom. The monoisotopic (exact) mass is 325 g/mol. The molecule has 0 unspecified atom stereocenters. The molecule has 0 aliphatic heterocycles. The molecule has 2 rings (SSSR count). The van der Waals surface area contributed by atoms with Crippen molar-refractivity contribution >= 4 is 5.91 Å². The number of hydrogen-bond donors (Lipinski definition) is 1. The maximum absolute atomic E-state index is 12.3. The summed E-state index contributed by atoms with van der Waals surface area (Å²) in [7, 11) is 0. The first kappa shape index (κ1) is 18.2. The average Bonchev–Trinajstić information content (AvgIpc) is 2.56. The van der Waals surface area contributed by atoms with Crippen LogP contribution >= 0.6 is 0 Å². The molecule has 4 nitrogen and oxygen atoms in total. The number of carbonyl (C=O) groups is 1. The van der Waals surface area contributed by atoms with Gasteiger partial charge < -0.3 is 5.32 Å². The van der Waals surface area contributed by atoms with Crippen molar-refractivity contribution in [3.8, 4) is 6.07 Å². The maximum atomic E-state index is 12.3. The highest BCUT2D eigenvalue weighted by molar-refractivity contribution is 5.76. The van der Waals surface area contributed by atoms with E-state index in [2.05, 4.69) is 43.2 Å². The molecule has 4 heteroatoms. The van der Waals surface area contributed by atoms with E-state index in [4.69, 9.17) is 5.26 Å². The van der Waals surface area contributed by atoms with E-state index in [0.717, 1.165) is 12.1 Å². The van der Waals surface area contributed by atoms with Crippen LogP contribution in [0.3, 0.4) is 0 Å². The van der Waals surface area contributed by atoms with Crippen LogP contribution in [-0.2, 0) is 11.3 Å². The number of allylic oxidation sites excluding steroid dienone is 2. The molecule has 1 heterocycles. The highest BCUT2D eigenvalue weighted by atomic mass is 16.1. The van der Waals surface area contributed by atoms with Crippen LogP contribution < -0.4 is 5.32 Å². The molecule has 128 valence electrons. The van der Waals surface area contributed by atoms with E-state index >= 15 is 0 Å². The summed E-state index contributed by atoms with van der Waals surface area (Å²) in [6, 6.07) is 8.00. The Labute approximate surface area is 145 Å². The van der Waals surface area contributed by atoms with Crippen LogP contribution in [-0.4, -0.2) is 10.9 Å². The lowest BCUT2D eigenvalue weighted by atomic mass is 9.69. The Balaban J connectivity index is 1.94. The molecular formula is C20H27N3O. The molecule has 1 aromatic rings. The summed E-state index contributed by atoms with van der Waals surface area (Å²) in [4.78, 5) is 16.5. The zero-order chi connectivity index (χ0) is 17.5. The predicted octanol–water partition coefficient (Wildman–Crippen LogP) is 3.86. The van der Waals surface area contributed by atoms with Crippen molar-refractivity contribution in [2.24, 2.45) is 23.7 Å². The van der Waals surface area contributed by atoms with Crippen molar-refractivity contribution in [1.29, 1.82) is 5.26 Å². The SMILES string of the molecule is CC1=C[C@@H](CC#N)[C@H](C(C)C)C[C@H]1CC(=O)NCc1ccccn1. The Kier molecular flexibility index (Phi) is 6.54. The van der Waals surface area contributed by atoms with Crippen molar-refractivity contribution in [2.75, 3.05) is 0 Å². The lowest BCUT2D eigenvalue weighted by Crippen LogP contribution is -2.31. The van der Waals surface area contributed by atoms with E-state index in [9.17, 15) is 4.79 Å². The molecule has 1 aromatic heterocycles. The molecule has 0 spiro atoms. The van der Waals surface area contributed by atoms with Gasteiger partial charge in [0.15, 0.2) is 0 Å². The van der Waals surface area contributed by atoms with Gasteiger partial charge in [0.05, 0.1) is 18.3 Å². The van der Waals surface area contributed by atoms with E-state index in [1.807, 2.05) is 18.2 Å². The summed E-state index contributed by atoms with van der Waals surface area (Å²) in [5.41, 5.74) is 2.12. The Hall–Kier alpha value is -2.15. The minimum Gasteiger partial charge on any atom is -0.350 e. The van der Waals surface area contributed by atoms with E-state index in [1.165, 1.54) is 5.57 Å².